The molecule has 174 valence electrons. The number of aromatic nitrogens is 2. The van der Waals surface area contributed by atoms with Crippen LogP contribution in [0.4, 0.5) is 5.82 Å². The molecule has 0 radical (unpaired) electrons. The molecule has 1 aliphatic heterocycles. The number of hydrogen-bond acceptors (Lipinski definition) is 6. The lowest BCUT2D eigenvalue weighted by Crippen LogP contribution is -2.46. The molecule has 2 atom stereocenters. The van der Waals surface area contributed by atoms with Crippen LogP contribution in [0.5, 0.6) is 0 Å². The number of pyridine rings is 1. The van der Waals surface area contributed by atoms with Crippen LogP contribution < -0.4 is 15.8 Å². The number of anilines is 1. The molecule has 1 N–H and O–H groups in total. The molecule has 2 aliphatic rings. The Morgan fingerprint density at radius 1 is 1.24 bits per heavy atom. The van der Waals surface area contributed by atoms with Crippen LogP contribution in [0.2, 0.25) is 0 Å². The third-order valence-electron chi connectivity index (χ3n) is 6.38. The van der Waals surface area contributed by atoms with Crippen LogP contribution in [0.25, 0.3) is 11.7 Å². The van der Waals surface area contributed by atoms with Crippen LogP contribution in [0.3, 0.4) is 0 Å². The molecule has 1 aliphatic carbocycles. The van der Waals surface area contributed by atoms with E-state index in [1.165, 1.54) is 16.9 Å². The van der Waals surface area contributed by atoms with E-state index in [-0.39, 0.29) is 34.9 Å². The quantitative estimate of drug-likeness (QED) is 0.569. The van der Waals surface area contributed by atoms with Crippen LogP contribution in [0.15, 0.2) is 28.7 Å². The van der Waals surface area contributed by atoms with Crippen molar-refractivity contribution in [3.63, 3.8) is 0 Å². The van der Waals surface area contributed by atoms with Crippen molar-refractivity contribution in [1.29, 1.82) is 5.26 Å². The number of carbonyl (C=O) groups excluding carboxylic acids is 1. The van der Waals surface area contributed by atoms with Crippen LogP contribution >= 0.6 is 0 Å². The Kier molecular flexibility index (Phi) is 6.80. The fraction of sp³-hybridized carbons (Fsp3) is 0.520. The summed E-state index contributed by atoms with van der Waals surface area (Å²) in [6.45, 7) is 7.00. The fourth-order valence-electron chi connectivity index (χ4n) is 4.82. The SMILES string of the molecule is Cc1cccn2c(=O)c(C=C(C#N)C(=O)NC3CCCCC3)c(N3CC(C)OC(C)C3)nc12. The topological polar surface area (TPSA) is 99.7 Å². The first-order valence-electron chi connectivity index (χ1n) is 11.7. The van der Waals surface area contributed by atoms with Crippen molar-refractivity contribution in [2.45, 2.75) is 71.1 Å². The molecule has 8 heteroatoms. The standard InChI is InChI=1S/C25H31N5O3/c1-16-8-7-11-30-22(16)28-23(29-14-17(2)33-18(3)15-29)21(25(30)32)12-19(13-26)24(31)27-20-9-5-4-6-10-20/h7-8,11-12,17-18,20H,4-6,9-10,14-15H2,1-3H3,(H,27,31). The lowest BCUT2D eigenvalue weighted by Gasteiger charge is -2.36. The van der Waals surface area contributed by atoms with Gasteiger partial charge >= 0.3 is 0 Å². The first kappa shape index (κ1) is 23.0. The number of amides is 1. The van der Waals surface area contributed by atoms with E-state index in [1.807, 2.05) is 37.8 Å². The average Bonchev–Trinajstić information content (AvgIpc) is 2.79. The highest BCUT2D eigenvalue weighted by atomic mass is 16.5. The molecule has 2 fully saturated rings. The number of aryl methyl sites for hydroxylation is 1. The molecular weight excluding hydrogens is 418 g/mol. The van der Waals surface area contributed by atoms with E-state index in [4.69, 9.17) is 9.72 Å². The number of ether oxygens (including phenoxy) is 1. The summed E-state index contributed by atoms with van der Waals surface area (Å²) >= 11 is 0. The summed E-state index contributed by atoms with van der Waals surface area (Å²) < 4.78 is 7.34. The molecular formula is C25H31N5O3. The van der Waals surface area contributed by atoms with E-state index in [0.717, 1.165) is 31.2 Å². The Hall–Kier alpha value is -3.18. The Balaban J connectivity index is 1.80. The molecule has 1 amide bonds. The van der Waals surface area contributed by atoms with Crippen LogP contribution in [-0.4, -0.2) is 46.6 Å². The minimum absolute atomic E-state index is 0.0345. The van der Waals surface area contributed by atoms with E-state index >= 15 is 0 Å². The second kappa shape index (κ2) is 9.75. The summed E-state index contributed by atoms with van der Waals surface area (Å²) in [5.74, 6) is 0.0438. The van der Waals surface area contributed by atoms with Gasteiger partial charge in [-0.3, -0.25) is 14.0 Å². The van der Waals surface area contributed by atoms with Gasteiger partial charge in [-0.25, -0.2) is 4.98 Å². The molecule has 8 nitrogen and oxygen atoms in total. The van der Waals surface area contributed by atoms with Crippen molar-refractivity contribution in [2.75, 3.05) is 18.0 Å². The van der Waals surface area contributed by atoms with Crippen molar-refractivity contribution in [3.05, 3.63) is 45.4 Å². The van der Waals surface area contributed by atoms with Gasteiger partial charge in [-0.1, -0.05) is 25.3 Å². The Morgan fingerprint density at radius 2 is 1.94 bits per heavy atom. The molecule has 2 aromatic heterocycles. The first-order valence-corrected chi connectivity index (χ1v) is 11.7. The third-order valence-corrected chi connectivity index (χ3v) is 6.38. The molecule has 3 heterocycles. The number of nitrogens with one attached hydrogen (secondary N) is 1. The number of nitrogens with zero attached hydrogens (tertiary/aromatic N) is 4. The molecule has 4 rings (SSSR count). The molecule has 0 spiro atoms. The van der Waals surface area contributed by atoms with E-state index in [9.17, 15) is 14.9 Å². The van der Waals surface area contributed by atoms with Crippen molar-refractivity contribution >= 4 is 23.4 Å². The maximum atomic E-state index is 13.6. The van der Waals surface area contributed by atoms with Crippen molar-refractivity contribution in [1.82, 2.24) is 14.7 Å². The predicted molar refractivity (Wildman–Crippen MR) is 127 cm³/mol. The van der Waals surface area contributed by atoms with Gasteiger partial charge in [0.15, 0.2) is 0 Å². The Bertz CT molecular complexity index is 1160. The van der Waals surface area contributed by atoms with Crippen molar-refractivity contribution in [3.8, 4) is 6.07 Å². The summed E-state index contributed by atoms with van der Waals surface area (Å²) in [6.07, 6.45) is 8.15. The predicted octanol–water partition coefficient (Wildman–Crippen LogP) is 2.97. The van der Waals surface area contributed by atoms with Gasteiger partial charge in [-0.2, -0.15) is 5.26 Å². The van der Waals surface area contributed by atoms with Crippen molar-refractivity contribution < 1.29 is 9.53 Å². The van der Waals surface area contributed by atoms with E-state index in [1.54, 1.807) is 12.3 Å². The minimum atomic E-state index is -0.437. The van der Waals surface area contributed by atoms with Crippen LogP contribution in [-0.2, 0) is 9.53 Å². The third kappa shape index (κ3) is 4.93. The molecule has 1 saturated carbocycles. The monoisotopic (exact) mass is 449 g/mol. The molecule has 33 heavy (non-hydrogen) atoms. The summed E-state index contributed by atoms with van der Waals surface area (Å²) in [6, 6.07) is 5.77. The van der Waals surface area contributed by atoms with Gasteiger partial charge in [0.1, 0.15) is 23.1 Å². The molecule has 0 bridgehead atoms. The highest BCUT2D eigenvalue weighted by Gasteiger charge is 2.27. The summed E-state index contributed by atoms with van der Waals surface area (Å²) in [7, 11) is 0. The van der Waals surface area contributed by atoms with Gasteiger partial charge in [0, 0.05) is 25.3 Å². The molecule has 0 aromatic carbocycles. The second-order valence-electron chi connectivity index (χ2n) is 9.18. The molecule has 2 unspecified atom stereocenters. The van der Waals surface area contributed by atoms with Gasteiger partial charge in [-0.05, 0) is 51.3 Å². The average molecular weight is 450 g/mol. The number of carbonyl (C=O) groups is 1. The fourth-order valence-corrected chi connectivity index (χ4v) is 4.82. The van der Waals surface area contributed by atoms with Crippen LogP contribution in [0.1, 0.15) is 57.1 Å². The maximum Gasteiger partial charge on any atom is 0.267 e. The highest BCUT2D eigenvalue weighted by molar-refractivity contribution is 6.02. The zero-order valence-corrected chi connectivity index (χ0v) is 19.5. The lowest BCUT2D eigenvalue weighted by molar-refractivity contribution is -0.117. The first-order chi connectivity index (χ1) is 15.9. The largest absolute Gasteiger partial charge is 0.372 e. The Labute approximate surface area is 193 Å². The zero-order chi connectivity index (χ0) is 23.5. The van der Waals surface area contributed by atoms with E-state index < -0.39 is 5.91 Å². The number of rotatable bonds is 4. The van der Waals surface area contributed by atoms with Gasteiger partial charge in [0.25, 0.3) is 11.5 Å². The molecule has 1 saturated heterocycles. The van der Waals surface area contributed by atoms with Gasteiger partial charge in [0.2, 0.25) is 0 Å². The number of nitriles is 1. The summed E-state index contributed by atoms with van der Waals surface area (Å²) in [4.78, 5) is 33.3. The smallest absolute Gasteiger partial charge is 0.267 e. The van der Waals surface area contributed by atoms with Gasteiger partial charge < -0.3 is 15.0 Å². The number of hydrogen-bond donors (Lipinski definition) is 1. The van der Waals surface area contributed by atoms with Gasteiger partial charge in [0.05, 0.1) is 17.8 Å². The highest BCUT2D eigenvalue weighted by Crippen LogP contribution is 2.24. The minimum Gasteiger partial charge on any atom is -0.372 e. The normalized spacial score (nSPS) is 22.2. The van der Waals surface area contributed by atoms with Gasteiger partial charge in [-0.15, -0.1) is 0 Å². The van der Waals surface area contributed by atoms with Crippen molar-refractivity contribution in [2.24, 2.45) is 0 Å². The summed E-state index contributed by atoms with van der Waals surface area (Å²) in [5.41, 5.74) is 1.30. The van der Waals surface area contributed by atoms with E-state index in [0.29, 0.717) is 24.6 Å². The molecule has 2 aromatic rings. The zero-order valence-electron chi connectivity index (χ0n) is 19.5. The number of fused-ring (bicyclic) bond motifs is 1. The number of morpholine rings is 1. The Morgan fingerprint density at radius 3 is 2.61 bits per heavy atom. The second-order valence-corrected chi connectivity index (χ2v) is 9.18. The van der Waals surface area contributed by atoms with Crippen LogP contribution in [0, 0.1) is 18.3 Å². The van der Waals surface area contributed by atoms with E-state index in [2.05, 4.69) is 5.32 Å². The lowest BCUT2D eigenvalue weighted by atomic mass is 9.95. The maximum absolute atomic E-state index is 13.6. The summed E-state index contributed by atoms with van der Waals surface area (Å²) in [5, 5.41) is 12.8.